The highest BCUT2D eigenvalue weighted by Gasteiger charge is 2.21. The predicted octanol–water partition coefficient (Wildman–Crippen LogP) is 2.61. The number of anilines is 1. The van der Waals surface area contributed by atoms with Gasteiger partial charge in [0.25, 0.3) is 0 Å². The summed E-state index contributed by atoms with van der Waals surface area (Å²) in [6, 6.07) is 3.87. The molecule has 0 atom stereocenters. The molecule has 21 heavy (non-hydrogen) atoms. The molecule has 1 aliphatic rings. The number of ether oxygens (including phenoxy) is 4. The smallest absolute Gasteiger partial charge is 0.231 e. The molecule has 1 aromatic carbocycles. The Labute approximate surface area is 126 Å². The average Bonchev–Trinajstić information content (AvgIpc) is 3.15. The standard InChI is InChI=1S/C14H16N2O4S/c1-17-4-3-15-14-16-7-12(21-14)9-5-10(18-2)13-11(6-9)19-8-20-13/h5-7H,3-4,8H2,1-2H3,(H,15,16). The van der Waals surface area contributed by atoms with Gasteiger partial charge < -0.3 is 24.3 Å². The second-order valence-electron chi connectivity index (χ2n) is 4.36. The number of nitrogens with one attached hydrogen (secondary N) is 1. The first kappa shape index (κ1) is 14.0. The molecule has 0 fully saturated rings. The number of fused-ring (bicyclic) bond motifs is 1. The lowest BCUT2D eigenvalue weighted by Crippen LogP contribution is -2.06. The molecule has 112 valence electrons. The van der Waals surface area contributed by atoms with Crippen molar-refractivity contribution in [3.05, 3.63) is 18.3 Å². The fourth-order valence-corrected chi connectivity index (χ4v) is 2.85. The Kier molecular flexibility index (Phi) is 4.12. The van der Waals surface area contributed by atoms with E-state index in [1.807, 2.05) is 18.3 Å². The van der Waals surface area contributed by atoms with Crippen LogP contribution in [0.4, 0.5) is 5.13 Å². The first-order valence-corrected chi connectivity index (χ1v) is 7.30. The van der Waals surface area contributed by atoms with Crippen molar-refractivity contribution in [3.63, 3.8) is 0 Å². The van der Waals surface area contributed by atoms with Gasteiger partial charge in [-0.05, 0) is 12.1 Å². The van der Waals surface area contributed by atoms with Gasteiger partial charge in [0.2, 0.25) is 12.5 Å². The maximum absolute atomic E-state index is 5.44. The van der Waals surface area contributed by atoms with Crippen LogP contribution in [0.25, 0.3) is 10.4 Å². The third-order valence-electron chi connectivity index (χ3n) is 3.03. The van der Waals surface area contributed by atoms with E-state index < -0.39 is 0 Å². The summed E-state index contributed by atoms with van der Waals surface area (Å²) in [4.78, 5) is 5.39. The van der Waals surface area contributed by atoms with Crippen molar-refractivity contribution in [1.82, 2.24) is 4.98 Å². The van der Waals surface area contributed by atoms with Crippen molar-refractivity contribution in [3.8, 4) is 27.7 Å². The molecule has 0 spiro atoms. The first-order chi connectivity index (χ1) is 10.3. The molecule has 0 bridgehead atoms. The minimum absolute atomic E-state index is 0.224. The molecule has 0 amide bonds. The average molecular weight is 308 g/mol. The molecule has 3 rings (SSSR count). The molecular formula is C14H16N2O4S. The van der Waals surface area contributed by atoms with Crippen molar-refractivity contribution in [2.24, 2.45) is 0 Å². The van der Waals surface area contributed by atoms with Crippen molar-refractivity contribution >= 4 is 16.5 Å². The van der Waals surface area contributed by atoms with Gasteiger partial charge in [-0.3, -0.25) is 0 Å². The first-order valence-electron chi connectivity index (χ1n) is 6.48. The molecule has 1 N–H and O–H groups in total. The zero-order valence-electron chi connectivity index (χ0n) is 11.8. The Morgan fingerprint density at radius 3 is 3.05 bits per heavy atom. The number of hydrogen-bond donors (Lipinski definition) is 1. The minimum atomic E-state index is 0.224. The maximum atomic E-state index is 5.44. The number of nitrogens with zero attached hydrogens (tertiary/aromatic N) is 1. The molecule has 0 unspecified atom stereocenters. The lowest BCUT2D eigenvalue weighted by atomic mass is 10.1. The number of methoxy groups -OCH3 is 2. The van der Waals surface area contributed by atoms with E-state index in [0.29, 0.717) is 23.9 Å². The fraction of sp³-hybridized carbons (Fsp3) is 0.357. The highest BCUT2D eigenvalue weighted by atomic mass is 32.1. The molecule has 1 aromatic heterocycles. The van der Waals surface area contributed by atoms with E-state index in [9.17, 15) is 0 Å². The van der Waals surface area contributed by atoms with E-state index in [1.165, 1.54) is 0 Å². The number of thiazole rings is 1. The normalized spacial score (nSPS) is 12.5. The van der Waals surface area contributed by atoms with Gasteiger partial charge in [0.05, 0.1) is 18.6 Å². The van der Waals surface area contributed by atoms with Crippen molar-refractivity contribution in [1.29, 1.82) is 0 Å². The molecule has 0 aliphatic carbocycles. The second-order valence-corrected chi connectivity index (χ2v) is 5.39. The molecule has 1 aliphatic heterocycles. The topological polar surface area (TPSA) is 61.8 Å². The van der Waals surface area contributed by atoms with Crippen LogP contribution < -0.4 is 19.5 Å². The van der Waals surface area contributed by atoms with Crippen LogP contribution in [0.1, 0.15) is 0 Å². The largest absolute Gasteiger partial charge is 0.493 e. The van der Waals surface area contributed by atoms with E-state index >= 15 is 0 Å². The van der Waals surface area contributed by atoms with E-state index in [0.717, 1.165) is 22.1 Å². The molecule has 0 radical (unpaired) electrons. The Hall–Kier alpha value is -1.99. The van der Waals surface area contributed by atoms with Crippen LogP contribution in [0, 0.1) is 0 Å². The Bertz CT molecular complexity index is 629. The highest BCUT2D eigenvalue weighted by Crippen LogP contribution is 2.45. The van der Waals surface area contributed by atoms with E-state index in [1.54, 1.807) is 25.6 Å². The molecule has 2 heterocycles. The van der Waals surface area contributed by atoms with Crippen LogP contribution in [0.2, 0.25) is 0 Å². The lowest BCUT2D eigenvalue weighted by molar-refractivity contribution is 0.171. The van der Waals surface area contributed by atoms with Crippen LogP contribution in [0.15, 0.2) is 18.3 Å². The molecule has 7 heteroatoms. The van der Waals surface area contributed by atoms with E-state index in [-0.39, 0.29) is 6.79 Å². The van der Waals surface area contributed by atoms with Gasteiger partial charge in [-0.1, -0.05) is 11.3 Å². The molecule has 6 nitrogen and oxygen atoms in total. The molecule has 0 saturated heterocycles. The van der Waals surface area contributed by atoms with Gasteiger partial charge in [-0.15, -0.1) is 0 Å². The summed E-state index contributed by atoms with van der Waals surface area (Å²) in [6.45, 7) is 1.60. The number of hydrogen-bond acceptors (Lipinski definition) is 7. The van der Waals surface area contributed by atoms with Crippen LogP contribution in [-0.2, 0) is 4.74 Å². The Morgan fingerprint density at radius 1 is 1.33 bits per heavy atom. The van der Waals surface area contributed by atoms with Crippen molar-refractivity contribution in [2.75, 3.05) is 39.5 Å². The molecular weight excluding hydrogens is 292 g/mol. The zero-order chi connectivity index (χ0) is 14.7. The highest BCUT2D eigenvalue weighted by molar-refractivity contribution is 7.18. The SMILES string of the molecule is COCCNc1ncc(-c2cc(OC)c3c(c2)OCO3)s1. The third kappa shape index (κ3) is 2.88. The minimum Gasteiger partial charge on any atom is -0.493 e. The van der Waals surface area contributed by atoms with Gasteiger partial charge >= 0.3 is 0 Å². The maximum Gasteiger partial charge on any atom is 0.231 e. The molecule has 0 saturated carbocycles. The quantitative estimate of drug-likeness (QED) is 0.828. The Balaban J connectivity index is 1.84. The summed E-state index contributed by atoms with van der Waals surface area (Å²) < 4.78 is 21.2. The third-order valence-corrected chi connectivity index (χ3v) is 4.04. The van der Waals surface area contributed by atoms with Gasteiger partial charge in [-0.25, -0.2) is 4.98 Å². The monoisotopic (exact) mass is 308 g/mol. The zero-order valence-corrected chi connectivity index (χ0v) is 12.7. The van der Waals surface area contributed by atoms with E-state index in [2.05, 4.69) is 10.3 Å². The summed E-state index contributed by atoms with van der Waals surface area (Å²) in [5.41, 5.74) is 0.994. The van der Waals surface area contributed by atoms with Gasteiger partial charge in [0, 0.05) is 25.4 Å². The number of aromatic nitrogens is 1. The summed E-state index contributed by atoms with van der Waals surface area (Å²) in [6.07, 6.45) is 1.83. The van der Waals surface area contributed by atoms with Crippen LogP contribution in [0.3, 0.4) is 0 Å². The summed E-state index contributed by atoms with van der Waals surface area (Å²) in [7, 11) is 3.29. The van der Waals surface area contributed by atoms with Gasteiger partial charge in [-0.2, -0.15) is 0 Å². The van der Waals surface area contributed by atoms with Gasteiger partial charge in [0.1, 0.15) is 0 Å². The van der Waals surface area contributed by atoms with Crippen LogP contribution >= 0.6 is 11.3 Å². The van der Waals surface area contributed by atoms with Gasteiger partial charge in [0.15, 0.2) is 16.6 Å². The Morgan fingerprint density at radius 2 is 2.24 bits per heavy atom. The summed E-state index contributed by atoms with van der Waals surface area (Å²) in [5, 5.41) is 4.07. The summed E-state index contributed by atoms with van der Waals surface area (Å²) in [5.74, 6) is 2.03. The number of rotatable bonds is 6. The van der Waals surface area contributed by atoms with Crippen molar-refractivity contribution < 1.29 is 18.9 Å². The van der Waals surface area contributed by atoms with E-state index in [4.69, 9.17) is 18.9 Å². The molecule has 2 aromatic rings. The lowest BCUT2D eigenvalue weighted by Gasteiger charge is -2.06. The summed E-state index contributed by atoms with van der Waals surface area (Å²) >= 11 is 1.57. The van der Waals surface area contributed by atoms with Crippen LogP contribution in [-0.4, -0.2) is 39.1 Å². The fourth-order valence-electron chi connectivity index (χ4n) is 2.02. The predicted molar refractivity (Wildman–Crippen MR) is 80.6 cm³/mol. The number of benzene rings is 1. The van der Waals surface area contributed by atoms with Crippen molar-refractivity contribution in [2.45, 2.75) is 0 Å². The van der Waals surface area contributed by atoms with Crippen LogP contribution in [0.5, 0.6) is 17.2 Å². The second kappa shape index (κ2) is 6.19.